The Morgan fingerprint density at radius 1 is 1.39 bits per heavy atom. The van der Waals surface area contributed by atoms with Gasteiger partial charge in [-0.25, -0.2) is 0 Å². The first-order valence-electron chi connectivity index (χ1n) is 7.25. The molecule has 1 unspecified atom stereocenters. The fourth-order valence-corrected chi connectivity index (χ4v) is 3.12. The van der Waals surface area contributed by atoms with Gasteiger partial charge in [0.1, 0.15) is 0 Å². The molecule has 0 aliphatic carbocycles. The molecule has 0 spiro atoms. The van der Waals surface area contributed by atoms with Crippen molar-refractivity contribution < 1.29 is 0 Å². The molecular weight excluding hydrogens is 220 g/mol. The molecule has 0 radical (unpaired) electrons. The fraction of sp³-hybridized carbons (Fsp3) is 0.625. The lowest BCUT2D eigenvalue weighted by Crippen LogP contribution is -2.34. The Morgan fingerprint density at radius 2 is 2.22 bits per heavy atom. The van der Waals surface area contributed by atoms with Crippen molar-refractivity contribution in [3.05, 3.63) is 29.8 Å². The van der Waals surface area contributed by atoms with E-state index in [0.717, 1.165) is 24.1 Å². The average Bonchev–Trinajstić information content (AvgIpc) is 2.77. The number of benzene rings is 1. The van der Waals surface area contributed by atoms with Crippen molar-refractivity contribution >= 4 is 5.69 Å². The normalized spacial score (nSPS) is 20.7. The lowest BCUT2D eigenvalue weighted by Gasteiger charge is -2.27. The van der Waals surface area contributed by atoms with E-state index >= 15 is 0 Å². The van der Waals surface area contributed by atoms with Gasteiger partial charge in [0.05, 0.1) is 0 Å². The zero-order chi connectivity index (χ0) is 13.0. The minimum atomic E-state index is 0.792. The maximum absolute atomic E-state index is 5.80. The van der Waals surface area contributed by atoms with Crippen molar-refractivity contribution in [1.82, 2.24) is 4.90 Å². The first-order chi connectivity index (χ1) is 8.66. The van der Waals surface area contributed by atoms with Gasteiger partial charge in [-0.3, -0.25) is 0 Å². The van der Waals surface area contributed by atoms with Crippen LogP contribution in [-0.2, 0) is 6.42 Å². The highest BCUT2D eigenvalue weighted by molar-refractivity contribution is 5.40. The summed E-state index contributed by atoms with van der Waals surface area (Å²) in [6.07, 6.45) is 5.15. The molecule has 0 aromatic heterocycles. The number of rotatable bonds is 5. The second kappa shape index (κ2) is 6.24. The van der Waals surface area contributed by atoms with E-state index < -0.39 is 0 Å². The minimum absolute atomic E-state index is 0.792. The van der Waals surface area contributed by atoms with Crippen LogP contribution >= 0.6 is 0 Å². The topological polar surface area (TPSA) is 29.3 Å². The molecule has 2 rings (SSSR count). The highest BCUT2D eigenvalue weighted by Crippen LogP contribution is 2.24. The Hall–Kier alpha value is -1.02. The molecule has 2 N–H and O–H groups in total. The highest BCUT2D eigenvalue weighted by Gasteiger charge is 2.26. The van der Waals surface area contributed by atoms with Gasteiger partial charge in [-0.05, 0) is 62.4 Å². The first-order valence-corrected chi connectivity index (χ1v) is 7.25. The number of nitrogens with zero attached hydrogens (tertiary/aromatic N) is 1. The van der Waals surface area contributed by atoms with Crippen LogP contribution in [-0.4, -0.2) is 24.0 Å². The van der Waals surface area contributed by atoms with Crippen LogP contribution in [0.3, 0.4) is 0 Å². The predicted molar refractivity (Wildman–Crippen MR) is 78.6 cm³/mol. The third-order valence-corrected chi connectivity index (χ3v) is 4.05. The van der Waals surface area contributed by atoms with Gasteiger partial charge < -0.3 is 10.6 Å². The van der Waals surface area contributed by atoms with Crippen LogP contribution in [0.4, 0.5) is 5.69 Å². The standard InChI is InChI=1S/C16H26N2/c1-13(2)16-9-5-11-18(16)10-4-7-14-6-3-8-15(17)12-14/h3,6,8,12-13,16H,4-5,7,9-11,17H2,1-2H3. The molecular formula is C16H26N2. The van der Waals surface area contributed by atoms with Crippen LogP contribution in [0.2, 0.25) is 0 Å². The average molecular weight is 246 g/mol. The van der Waals surface area contributed by atoms with Gasteiger partial charge >= 0.3 is 0 Å². The van der Waals surface area contributed by atoms with Crippen LogP contribution in [0.5, 0.6) is 0 Å². The molecule has 1 atom stereocenters. The van der Waals surface area contributed by atoms with E-state index in [1.807, 2.05) is 6.07 Å². The molecule has 0 saturated carbocycles. The van der Waals surface area contributed by atoms with Gasteiger partial charge in [0.2, 0.25) is 0 Å². The molecule has 1 aliphatic heterocycles. The molecule has 0 amide bonds. The molecule has 1 saturated heterocycles. The van der Waals surface area contributed by atoms with Gasteiger partial charge in [-0.1, -0.05) is 26.0 Å². The van der Waals surface area contributed by atoms with E-state index in [9.17, 15) is 0 Å². The third-order valence-electron chi connectivity index (χ3n) is 4.05. The molecule has 0 bridgehead atoms. The van der Waals surface area contributed by atoms with Crippen molar-refractivity contribution in [3.63, 3.8) is 0 Å². The fourth-order valence-electron chi connectivity index (χ4n) is 3.12. The predicted octanol–water partition coefficient (Wildman–Crippen LogP) is 3.32. The Morgan fingerprint density at radius 3 is 2.94 bits per heavy atom. The number of nitrogen functional groups attached to an aromatic ring is 1. The third kappa shape index (κ3) is 3.49. The Labute approximate surface area is 111 Å². The number of hydrogen-bond donors (Lipinski definition) is 1. The molecule has 1 aliphatic rings. The van der Waals surface area contributed by atoms with Gasteiger partial charge in [-0.2, -0.15) is 0 Å². The van der Waals surface area contributed by atoms with Gasteiger partial charge in [0.25, 0.3) is 0 Å². The summed E-state index contributed by atoms with van der Waals surface area (Å²) in [6, 6.07) is 9.10. The van der Waals surface area contributed by atoms with Gasteiger partial charge in [0.15, 0.2) is 0 Å². The molecule has 2 nitrogen and oxygen atoms in total. The van der Waals surface area contributed by atoms with Crippen LogP contribution in [0, 0.1) is 5.92 Å². The quantitative estimate of drug-likeness (QED) is 0.808. The Bertz CT molecular complexity index is 373. The number of likely N-dealkylation sites (tertiary alicyclic amines) is 1. The minimum Gasteiger partial charge on any atom is -0.399 e. The van der Waals surface area contributed by atoms with E-state index in [2.05, 4.69) is 36.9 Å². The maximum Gasteiger partial charge on any atom is 0.0316 e. The highest BCUT2D eigenvalue weighted by atomic mass is 15.2. The van der Waals surface area contributed by atoms with Crippen molar-refractivity contribution in [3.8, 4) is 0 Å². The molecule has 100 valence electrons. The van der Waals surface area contributed by atoms with E-state index in [-0.39, 0.29) is 0 Å². The van der Waals surface area contributed by atoms with Crippen LogP contribution < -0.4 is 5.73 Å². The largest absolute Gasteiger partial charge is 0.399 e. The van der Waals surface area contributed by atoms with E-state index in [1.165, 1.54) is 37.9 Å². The Balaban J connectivity index is 1.78. The summed E-state index contributed by atoms with van der Waals surface area (Å²) in [4.78, 5) is 2.68. The second-order valence-electron chi connectivity index (χ2n) is 5.84. The summed E-state index contributed by atoms with van der Waals surface area (Å²) in [6.45, 7) is 7.22. The molecule has 1 aromatic rings. The lowest BCUT2D eigenvalue weighted by molar-refractivity contribution is 0.204. The molecule has 1 heterocycles. The van der Waals surface area contributed by atoms with Crippen molar-refractivity contribution in [2.45, 2.75) is 45.6 Å². The summed E-state index contributed by atoms with van der Waals surface area (Å²) < 4.78 is 0. The Kier molecular flexibility index (Phi) is 4.65. The van der Waals surface area contributed by atoms with Crippen LogP contribution in [0.1, 0.15) is 38.7 Å². The summed E-state index contributed by atoms with van der Waals surface area (Å²) in [5.41, 5.74) is 8.06. The smallest absolute Gasteiger partial charge is 0.0316 e. The van der Waals surface area contributed by atoms with E-state index in [1.54, 1.807) is 0 Å². The van der Waals surface area contributed by atoms with E-state index in [0.29, 0.717) is 0 Å². The second-order valence-corrected chi connectivity index (χ2v) is 5.84. The van der Waals surface area contributed by atoms with Crippen LogP contribution in [0.25, 0.3) is 0 Å². The van der Waals surface area contributed by atoms with Crippen molar-refractivity contribution in [2.24, 2.45) is 5.92 Å². The number of aryl methyl sites for hydroxylation is 1. The zero-order valence-electron chi connectivity index (χ0n) is 11.7. The zero-order valence-corrected chi connectivity index (χ0v) is 11.7. The van der Waals surface area contributed by atoms with E-state index in [4.69, 9.17) is 5.73 Å². The van der Waals surface area contributed by atoms with Crippen LogP contribution in [0.15, 0.2) is 24.3 Å². The summed E-state index contributed by atoms with van der Waals surface area (Å²) in [5.74, 6) is 0.792. The number of nitrogens with two attached hydrogens (primary N) is 1. The molecule has 18 heavy (non-hydrogen) atoms. The first kappa shape index (κ1) is 13.4. The lowest BCUT2D eigenvalue weighted by atomic mass is 10.0. The van der Waals surface area contributed by atoms with Crippen molar-refractivity contribution in [1.29, 1.82) is 0 Å². The summed E-state index contributed by atoms with van der Waals surface area (Å²) in [7, 11) is 0. The monoisotopic (exact) mass is 246 g/mol. The number of anilines is 1. The summed E-state index contributed by atoms with van der Waals surface area (Å²) in [5, 5.41) is 0. The number of hydrogen-bond acceptors (Lipinski definition) is 2. The van der Waals surface area contributed by atoms with Gasteiger partial charge in [-0.15, -0.1) is 0 Å². The molecule has 1 aromatic carbocycles. The van der Waals surface area contributed by atoms with Gasteiger partial charge in [0, 0.05) is 11.7 Å². The molecule has 2 heteroatoms. The SMILES string of the molecule is CC(C)C1CCCN1CCCc1cccc(N)c1. The summed E-state index contributed by atoms with van der Waals surface area (Å²) >= 11 is 0. The molecule has 1 fully saturated rings. The maximum atomic E-state index is 5.80. The van der Waals surface area contributed by atoms with Crippen molar-refractivity contribution in [2.75, 3.05) is 18.8 Å².